The Labute approximate surface area is 103 Å². The van der Waals surface area contributed by atoms with Crippen molar-refractivity contribution in [2.75, 3.05) is 0 Å². The Morgan fingerprint density at radius 1 is 1.39 bits per heavy atom. The normalized spacial score (nSPS) is 19.4. The largest absolute Gasteiger partial charge is 0.338 e. The molecule has 1 aliphatic carbocycles. The molecule has 1 unspecified atom stereocenters. The molecule has 1 heterocycles. The Hall–Kier alpha value is -2.04. The van der Waals surface area contributed by atoms with Gasteiger partial charge in [0.05, 0.1) is 5.92 Å². The third kappa shape index (κ3) is 1.92. The van der Waals surface area contributed by atoms with Gasteiger partial charge >= 0.3 is 0 Å². The summed E-state index contributed by atoms with van der Waals surface area (Å²) in [5.41, 5.74) is 0.551. The second-order valence-electron chi connectivity index (χ2n) is 4.38. The van der Waals surface area contributed by atoms with E-state index in [4.69, 9.17) is 4.52 Å². The van der Waals surface area contributed by atoms with Crippen molar-refractivity contribution >= 4 is 5.78 Å². The van der Waals surface area contributed by atoms with Gasteiger partial charge in [0.25, 0.3) is 0 Å². The quantitative estimate of drug-likeness (QED) is 0.817. The molecule has 0 bridgehead atoms. The van der Waals surface area contributed by atoms with E-state index in [-0.39, 0.29) is 17.5 Å². The minimum absolute atomic E-state index is 0.143. The fraction of sp³-hybridized carbons (Fsp3) is 0.308. The molecule has 0 amide bonds. The van der Waals surface area contributed by atoms with Gasteiger partial charge in [-0.05, 0) is 25.0 Å². The molecule has 1 fully saturated rings. The van der Waals surface area contributed by atoms with Crippen LogP contribution in [0.4, 0.5) is 4.39 Å². The first-order valence-electron chi connectivity index (χ1n) is 5.86. The molecule has 0 N–H and O–H groups in total. The van der Waals surface area contributed by atoms with Crippen LogP contribution in [0.5, 0.6) is 0 Å². The highest BCUT2D eigenvalue weighted by molar-refractivity contribution is 5.86. The Balaban J connectivity index is 1.92. The Kier molecular flexibility index (Phi) is 2.66. The number of Topliss-reactive ketones (excluding diaryl/α,β-unsaturated/α-hetero) is 1. The zero-order valence-corrected chi connectivity index (χ0v) is 9.60. The molecule has 18 heavy (non-hydrogen) atoms. The lowest BCUT2D eigenvalue weighted by Crippen LogP contribution is -2.04. The zero-order valence-electron chi connectivity index (χ0n) is 9.60. The molecule has 0 aliphatic heterocycles. The predicted molar refractivity (Wildman–Crippen MR) is 61.3 cm³/mol. The average molecular weight is 246 g/mol. The first-order chi connectivity index (χ1) is 8.74. The number of rotatable bonds is 2. The van der Waals surface area contributed by atoms with Crippen LogP contribution in [-0.4, -0.2) is 15.9 Å². The maximum Gasteiger partial charge on any atom is 0.237 e. The Bertz CT molecular complexity index is 594. The molecule has 0 saturated heterocycles. The van der Waals surface area contributed by atoms with Crippen LogP contribution in [0, 0.1) is 5.82 Å². The molecule has 0 radical (unpaired) electrons. The van der Waals surface area contributed by atoms with Crippen LogP contribution >= 0.6 is 0 Å². The maximum atomic E-state index is 13.1. The molecule has 1 aliphatic rings. The van der Waals surface area contributed by atoms with Gasteiger partial charge in [0.15, 0.2) is 0 Å². The summed E-state index contributed by atoms with van der Waals surface area (Å²) in [5, 5.41) is 3.80. The van der Waals surface area contributed by atoms with Crippen molar-refractivity contribution in [1.29, 1.82) is 0 Å². The number of benzene rings is 1. The van der Waals surface area contributed by atoms with Crippen LogP contribution in [0.25, 0.3) is 11.4 Å². The van der Waals surface area contributed by atoms with Crippen molar-refractivity contribution in [1.82, 2.24) is 10.1 Å². The SMILES string of the molecule is O=C1CCCC1c1nc(-c2cccc(F)c2)no1. The van der Waals surface area contributed by atoms with Gasteiger partial charge in [-0.15, -0.1) is 0 Å². The van der Waals surface area contributed by atoms with E-state index >= 15 is 0 Å². The summed E-state index contributed by atoms with van der Waals surface area (Å²) < 4.78 is 18.2. The lowest BCUT2D eigenvalue weighted by Gasteiger charge is -1.98. The number of carbonyl (C=O) groups is 1. The van der Waals surface area contributed by atoms with E-state index in [2.05, 4.69) is 10.1 Å². The predicted octanol–water partition coefficient (Wildman–Crippen LogP) is 2.71. The molecule has 2 aromatic rings. The van der Waals surface area contributed by atoms with Gasteiger partial charge < -0.3 is 4.52 Å². The molecule has 5 heteroatoms. The van der Waals surface area contributed by atoms with E-state index in [0.29, 0.717) is 23.7 Å². The van der Waals surface area contributed by atoms with Crippen LogP contribution in [0.2, 0.25) is 0 Å². The van der Waals surface area contributed by atoms with Gasteiger partial charge in [-0.25, -0.2) is 4.39 Å². The highest BCUT2D eigenvalue weighted by atomic mass is 19.1. The van der Waals surface area contributed by atoms with Crippen LogP contribution in [0.3, 0.4) is 0 Å². The third-order valence-corrected chi connectivity index (χ3v) is 3.13. The maximum absolute atomic E-state index is 13.1. The molecular weight excluding hydrogens is 235 g/mol. The number of ketones is 1. The van der Waals surface area contributed by atoms with E-state index in [1.807, 2.05) is 0 Å². The van der Waals surface area contributed by atoms with Crippen molar-refractivity contribution in [2.24, 2.45) is 0 Å². The van der Waals surface area contributed by atoms with Crippen LogP contribution in [-0.2, 0) is 4.79 Å². The second kappa shape index (κ2) is 4.33. The lowest BCUT2D eigenvalue weighted by molar-refractivity contribution is -0.119. The third-order valence-electron chi connectivity index (χ3n) is 3.13. The number of hydrogen-bond acceptors (Lipinski definition) is 4. The first kappa shape index (κ1) is 11.1. The number of aromatic nitrogens is 2. The second-order valence-corrected chi connectivity index (χ2v) is 4.38. The number of halogens is 1. The van der Waals surface area contributed by atoms with Gasteiger partial charge in [0.1, 0.15) is 11.6 Å². The van der Waals surface area contributed by atoms with Crippen molar-refractivity contribution in [2.45, 2.75) is 25.2 Å². The summed E-state index contributed by atoms with van der Waals surface area (Å²) >= 11 is 0. The number of hydrogen-bond donors (Lipinski definition) is 0. The van der Waals surface area contributed by atoms with Gasteiger partial charge in [-0.3, -0.25) is 4.79 Å². The van der Waals surface area contributed by atoms with Gasteiger partial charge in [0, 0.05) is 12.0 Å². The van der Waals surface area contributed by atoms with Crippen molar-refractivity contribution in [3.8, 4) is 11.4 Å². The van der Waals surface area contributed by atoms with Gasteiger partial charge in [0.2, 0.25) is 11.7 Å². The van der Waals surface area contributed by atoms with E-state index in [9.17, 15) is 9.18 Å². The Morgan fingerprint density at radius 3 is 3.00 bits per heavy atom. The molecular formula is C13H11FN2O2. The molecule has 92 valence electrons. The van der Waals surface area contributed by atoms with Crippen molar-refractivity contribution in [3.63, 3.8) is 0 Å². The summed E-state index contributed by atoms with van der Waals surface area (Å²) in [6, 6.07) is 5.98. The van der Waals surface area contributed by atoms with E-state index < -0.39 is 0 Å². The Morgan fingerprint density at radius 2 is 2.28 bits per heavy atom. The monoisotopic (exact) mass is 246 g/mol. The minimum atomic E-state index is -0.351. The number of carbonyl (C=O) groups excluding carboxylic acids is 1. The first-order valence-corrected chi connectivity index (χ1v) is 5.86. The fourth-order valence-corrected chi connectivity index (χ4v) is 2.20. The smallest absolute Gasteiger partial charge is 0.237 e. The summed E-state index contributed by atoms with van der Waals surface area (Å²) in [6.45, 7) is 0. The van der Waals surface area contributed by atoms with E-state index in [1.54, 1.807) is 12.1 Å². The van der Waals surface area contributed by atoms with Crippen molar-refractivity contribution < 1.29 is 13.7 Å². The standard InChI is InChI=1S/C13H11FN2O2/c14-9-4-1-3-8(7-9)12-15-13(18-16-12)10-5-2-6-11(10)17/h1,3-4,7,10H,2,5-6H2. The lowest BCUT2D eigenvalue weighted by atomic mass is 10.1. The van der Waals surface area contributed by atoms with E-state index in [1.165, 1.54) is 12.1 Å². The summed E-state index contributed by atoms with van der Waals surface area (Å²) in [6.07, 6.45) is 2.19. The molecule has 1 atom stereocenters. The molecule has 4 nitrogen and oxygen atoms in total. The molecule has 1 saturated carbocycles. The van der Waals surface area contributed by atoms with Gasteiger partial charge in [-0.1, -0.05) is 17.3 Å². The van der Waals surface area contributed by atoms with Gasteiger partial charge in [-0.2, -0.15) is 4.98 Å². The highest BCUT2D eigenvalue weighted by Gasteiger charge is 2.31. The summed E-state index contributed by atoms with van der Waals surface area (Å²) in [4.78, 5) is 15.8. The van der Waals surface area contributed by atoms with Crippen LogP contribution in [0.1, 0.15) is 31.1 Å². The van der Waals surface area contributed by atoms with Crippen LogP contribution in [0.15, 0.2) is 28.8 Å². The highest BCUT2D eigenvalue weighted by Crippen LogP contribution is 2.31. The number of nitrogens with zero attached hydrogens (tertiary/aromatic N) is 2. The average Bonchev–Trinajstić information content (AvgIpc) is 2.97. The molecule has 3 rings (SSSR count). The molecule has 1 aromatic carbocycles. The fourth-order valence-electron chi connectivity index (χ4n) is 2.20. The topological polar surface area (TPSA) is 56.0 Å². The van der Waals surface area contributed by atoms with Crippen LogP contribution < -0.4 is 0 Å². The molecule has 1 aromatic heterocycles. The summed E-state index contributed by atoms with van der Waals surface area (Å²) in [7, 11) is 0. The van der Waals surface area contributed by atoms with Crippen molar-refractivity contribution in [3.05, 3.63) is 36.0 Å². The zero-order chi connectivity index (χ0) is 12.5. The summed E-state index contributed by atoms with van der Waals surface area (Å²) in [5.74, 6) is 0.181. The van der Waals surface area contributed by atoms with E-state index in [0.717, 1.165) is 12.8 Å². The molecule has 0 spiro atoms. The minimum Gasteiger partial charge on any atom is -0.338 e.